The van der Waals surface area contributed by atoms with Crippen LogP contribution in [0.4, 0.5) is 5.82 Å². The lowest BCUT2D eigenvalue weighted by atomic mass is 10.2. The number of anilines is 1. The van der Waals surface area contributed by atoms with Crippen LogP contribution in [0, 0.1) is 0 Å². The molecule has 1 aliphatic carbocycles. The van der Waals surface area contributed by atoms with Crippen LogP contribution in [0.25, 0.3) is 0 Å². The van der Waals surface area contributed by atoms with E-state index in [1.165, 1.54) is 24.6 Å². The van der Waals surface area contributed by atoms with Crippen LogP contribution in [0.5, 0.6) is 0 Å². The van der Waals surface area contributed by atoms with Gasteiger partial charge in [0.1, 0.15) is 12.1 Å². The van der Waals surface area contributed by atoms with E-state index in [2.05, 4.69) is 20.6 Å². The largest absolute Gasteiger partial charge is 0.312 e. The molecular weight excluding hydrogens is 300 g/mol. The lowest BCUT2D eigenvalue weighted by Crippen LogP contribution is -2.18. The molecule has 2 heterocycles. The first-order valence-electron chi connectivity index (χ1n) is 7.54. The Morgan fingerprint density at radius 2 is 2.27 bits per heavy atom. The minimum absolute atomic E-state index is 0.00872. The van der Waals surface area contributed by atoms with E-state index in [1.807, 2.05) is 22.4 Å². The Hall–Kier alpha value is -1.83. The second-order valence-corrected chi connectivity index (χ2v) is 6.53. The molecule has 2 aromatic rings. The molecule has 1 aliphatic rings. The molecule has 0 saturated heterocycles. The van der Waals surface area contributed by atoms with Gasteiger partial charge in [0.05, 0.1) is 12.2 Å². The van der Waals surface area contributed by atoms with Crippen molar-refractivity contribution < 1.29 is 4.79 Å². The lowest BCUT2D eigenvalue weighted by molar-refractivity contribution is -0.115. The summed E-state index contributed by atoms with van der Waals surface area (Å²) in [6, 6.07) is 2.30. The summed E-state index contributed by atoms with van der Waals surface area (Å²) in [7, 11) is 1.89. The Kier molecular flexibility index (Phi) is 4.77. The topological polar surface area (TPSA) is 77.6 Å². The second-order valence-electron chi connectivity index (χ2n) is 5.47. The van der Waals surface area contributed by atoms with E-state index in [0.717, 1.165) is 23.8 Å². The predicted molar refractivity (Wildman–Crippen MR) is 84.7 cm³/mol. The van der Waals surface area contributed by atoms with Crippen LogP contribution >= 0.6 is 11.8 Å². The van der Waals surface area contributed by atoms with Gasteiger partial charge in [-0.05, 0) is 12.8 Å². The van der Waals surface area contributed by atoms with Gasteiger partial charge in [0, 0.05) is 25.3 Å². The molecule has 2 aromatic heterocycles. The monoisotopic (exact) mass is 320 g/mol. The molecule has 7 nitrogen and oxygen atoms in total. The van der Waals surface area contributed by atoms with Gasteiger partial charge >= 0.3 is 0 Å². The minimum atomic E-state index is 0.00872. The standard InChI is InChI=1S/C14H20N6OS/c1-19-10-15-18-14(19)22-9-7-13(21)17-12-6-8-16-20(12)11-4-2-3-5-11/h6,8,10-11H,2-5,7,9H2,1H3,(H,17,21). The Labute approximate surface area is 133 Å². The third-order valence-electron chi connectivity index (χ3n) is 3.84. The van der Waals surface area contributed by atoms with E-state index in [9.17, 15) is 4.79 Å². The summed E-state index contributed by atoms with van der Waals surface area (Å²) in [4.78, 5) is 12.1. The predicted octanol–water partition coefficient (Wildman–Crippen LogP) is 2.25. The molecule has 0 aromatic carbocycles. The molecule has 0 aliphatic heterocycles. The van der Waals surface area contributed by atoms with Crippen molar-refractivity contribution in [1.29, 1.82) is 0 Å². The third kappa shape index (κ3) is 3.49. The Balaban J connectivity index is 1.49. The Morgan fingerprint density at radius 1 is 1.45 bits per heavy atom. The number of aromatic nitrogens is 5. The number of carbonyl (C=O) groups excluding carboxylic acids is 1. The van der Waals surface area contributed by atoms with Crippen molar-refractivity contribution in [3.05, 3.63) is 18.6 Å². The number of nitrogens with one attached hydrogen (secondary N) is 1. The summed E-state index contributed by atoms with van der Waals surface area (Å²) in [5.41, 5.74) is 0. The van der Waals surface area contributed by atoms with Gasteiger partial charge < -0.3 is 9.88 Å². The SMILES string of the molecule is Cn1cnnc1SCCC(=O)Nc1ccnn1C1CCCC1. The number of hydrogen-bond acceptors (Lipinski definition) is 5. The molecule has 0 radical (unpaired) electrons. The van der Waals surface area contributed by atoms with Gasteiger partial charge in [-0.25, -0.2) is 4.68 Å². The lowest BCUT2D eigenvalue weighted by Gasteiger charge is -2.14. The molecule has 8 heteroatoms. The van der Waals surface area contributed by atoms with Gasteiger partial charge in [0.2, 0.25) is 5.91 Å². The molecule has 118 valence electrons. The third-order valence-corrected chi connectivity index (χ3v) is 4.87. The Morgan fingerprint density at radius 3 is 3.00 bits per heavy atom. The van der Waals surface area contributed by atoms with Crippen molar-refractivity contribution in [2.45, 2.75) is 43.3 Å². The van der Waals surface area contributed by atoms with Crippen molar-refractivity contribution in [3.8, 4) is 0 Å². The van der Waals surface area contributed by atoms with Crippen LogP contribution in [-0.4, -0.2) is 36.2 Å². The number of nitrogens with zero attached hydrogens (tertiary/aromatic N) is 5. The quantitative estimate of drug-likeness (QED) is 0.826. The molecule has 1 fully saturated rings. The normalized spacial score (nSPS) is 15.3. The van der Waals surface area contributed by atoms with E-state index >= 15 is 0 Å². The van der Waals surface area contributed by atoms with Gasteiger partial charge in [-0.3, -0.25) is 4.79 Å². The molecule has 3 rings (SSSR count). The van der Waals surface area contributed by atoms with E-state index in [-0.39, 0.29) is 5.91 Å². The number of hydrogen-bond donors (Lipinski definition) is 1. The molecule has 1 saturated carbocycles. The fourth-order valence-corrected chi connectivity index (χ4v) is 3.52. The zero-order valence-corrected chi connectivity index (χ0v) is 13.4. The van der Waals surface area contributed by atoms with Crippen molar-refractivity contribution in [2.24, 2.45) is 7.05 Å². The molecule has 22 heavy (non-hydrogen) atoms. The zero-order chi connectivity index (χ0) is 15.4. The average Bonchev–Trinajstić information content (AvgIpc) is 3.21. The number of carbonyl (C=O) groups is 1. The summed E-state index contributed by atoms with van der Waals surface area (Å²) < 4.78 is 3.80. The summed E-state index contributed by atoms with van der Waals surface area (Å²) in [5, 5.41) is 16.0. The fourth-order valence-electron chi connectivity index (χ4n) is 2.70. The molecular formula is C14H20N6OS. The van der Waals surface area contributed by atoms with Gasteiger partial charge in [0.25, 0.3) is 0 Å². The van der Waals surface area contributed by atoms with Gasteiger partial charge in [0.15, 0.2) is 5.16 Å². The number of aryl methyl sites for hydroxylation is 1. The Bertz CT molecular complexity index is 631. The van der Waals surface area contributed by atoms with Gasteiger partial charge in [-0.15, -0.1) is 10.2 Å². The highest BCUT2D eigenvalue weighted by Crippen LogP contribution is 2.31. The highest BCUT2D eigenvalue weighted by molar-refractivity contribution is 7.99. The van der Waals surface area contributed by atoms with Crippen molar-refractivity contribution in [1.82, 2.24) is 24.5 Å². The minimum Gasteiger partial charge on any atom is -0.312 e. The maximum Gasteiger partial charge on any atom is 0.226 e. The van der Waals surface area contributed by atoms with E-state index in [4.69, 9.17) is 0 Å². The van der Waals surface area contributed by atoms with Crippen molar-refractivity contribution in [3.63, 3.8) is 0 Å². The number of rotatable bonds is 6. The van der Waals surface area contributed by atoms with E-state index < -0.39 is 0 Å². The fraction of sp³-hybridized carbons (Fsp3) is 0.571. The van der Waals surface area contributed by atoms with Crippen LogP contribution in [0.15, 0.2) is 23.7 Å². The summed E-state index contributed by atoms with van der Waals surface area (Å²) in [5.74, 6) is 1.49. The maximum absolute atomic E-state index is 12.1. The number of thioether (sulfide) groups is 1. The van der Waals surface area contributed by atoms with Gasteiger partial charge in [-0.1, -0.05) is 24.6 Å². The smallest absolute Gasteiger partial charge is 0.226 e. The summed E-state index contributed by atoms with van der Waals surface area (Å²) in [6.07, 6.45) is 8.62. The first-order valence-corrected chi connectivity index (χ1v) is 8.53. The number of amides is 1. The second kappa shape index (κ2) is 6.95. The molecule has 0 bridgehead atoms. The molecule has 1 amide bonds. The average molecular weight is 320 g/mol. The molecule has 0 spiro atoms. The van der Waals surface area contributed by atoms with Crippen LogP contribution in [-0.2, 0) is 11.8 Å². The first kappa shape index (κ1) is 15.1. The van der Waals surface area contributed by atoms with Crippen LogP contribution in [0.2, 0.25) is 0 Å². The molecule has 0 atom stereocenters. The van der Waals surface area contributed by atoms with E-state index in [0.29, 0.717) is 18.2 Å². The highest BCUT2D eigenvalue weighted by Gasteiger charge is 2.20. The van der Waals surface area contributed by atoms with E-state index in [1.54, 1.807) is 12.5 Å². The van der Waals surface area contributed by atoms with Crippen molar-refractivity contribution >= 4 is 23.5 Å². The summed E-state index contributed by atoms with van der Waals surface area (Å²) >= 11 is 1.53. The van der Waals surface area contributed by atoms with Crippen LogP contribution in [0.3, 0.4) is 0 Å². The van der Waals surface area contributed by atoms with Crippen molar-refractivity contribution in [2.75, 3.05) is 11.1 Å². The van der Waals surface area contributed by atoms with Crippen LogP contribution < -0.4 is 5.32 Å². The maximum atomic E-state index is 12.1. The van der Waals surface area contributed by atoms with Gasteiger partial charge in [-0.2, -0.15) is 5.10 Å². The zero-order valence-electron chi connectivity index (χ0n) is 12.6. The molecule has 0 unspecified atom stereocenters. The first-order chi connectivity index (χ1) is 10.7. The highest BCUT2D eigenvalue weighted by atomic mass is 32.2. The molecule has 1 N–H and O–H groups in total. The van der Waals surface area contributed by atoms with Crippen LogP contribution in [0.1, 0.15) is 38.1 Å². The summed E-state index contributed by atoms with van der Waals surface area (Å²) in [6.45, 7) is 0.